The smallest absolute Gasteiger partial charge is 0.409 e. The van der Waals surface area contributed by atoms with Crippen molar-refractivity contribution >= 4 is 23.9 Å². The molecule has 238 valence electrons. The zero-order valence-electron chi connectivity index (χ0n) is 26.0. The predicted molar refractivity (Wildman–Crippen MR) is 162 cm³/mol. The van der Waals surface area contributed by atoms with Gasteiger partial charge < -0.3 is 29.7 Å². The molecule has 3 atom stereocenters. The number of amides is 3. The Bertz CT molecular complexity index is 1320. The molecule has 2 aromatic rings. The van der Waals surface area contributed by atoms with E-state index < -0.39 is 35.7 Å². The predicted octanol–water partition coefficient (Wildman–Crippen LogP) is 3.29. The summed E-state index contributed by atoms with van der Waals surface area (Å²) >= 11 is 0. The second kappa shape index (κ2) is 14.6. The lowest BCUT2D eigenvalue weighted by molar-refractivity contribution is -0.155. The second-order valence-electron chi connectivity index (χ2n) is 12.1. The summed E-state index contributed by atoms with van der Waals surface area (Å²) in [5.41, 5.74) is 0.656. The summed E-state index contributed by atoms with van der Waals surface area (Å²) in [5, 5.41) is 13.4. The fraction of sp³-hybridized carbons (Fsp3) is 0.562. The number of nitrogens with one attached hydrogen (secondary N) is 1. The van der Waals surface area contributed by atoms with Crippen LogP contribution in [0.1, 0.15) is 81.9 Å². The maximum absolute atomic E-state index is 13.7. The highest BCUT2D eigenvalue weighted by Gasteiger charge is 2.33. The van der Waals surface area contributed by atoms with Gasteiger partial charge in [0.15, 0.2) is 5.82 Å². The number of carbonyl (C=O) groups is 4. The molecule has 2 fully saturated rings. The van der Waals surface area contributed by atoms with E-state index >= 15 is 0 Å². The summed E-state index contributed by atoms with van der Waals surface area (Å²) in [6, 6.07) is 9.79. The molecule has 12 heteroatoms. The number of aliphatic hydroxyl groups excluding tert-OH is 1. The summed E-state index contributed by atoms with van der Waals surface area (Å²) < 4.78 is 10.5. The zero-order valence-corrected chi connectivity index (χ0v) is 26.0. The quantitative estimate of drug-likeness (QED) is 0.408. The Kier molecular flexibility index (Phi) is 10.9. The van der Waals surface area contributed by atoms with E-state index in [1.54, 1.807) is 38.7 Å². The van der Waals surface area contributed by atoms with Crippen LogP contribution in [-0.4, -0.2) is 99.3 Å². The third-order valence-electron chi connectivity index (χ3n) is 7.65. The molecular formula is C32H43N5O7. The molecule has 0 radical (unpaired) electrons. The molecular weight excluding hydrogens is 566 g/mol. The van der Waals surface area contributed by atoms with Crippen LogP contribution in [0.15, 0.2) is 36.4 Å². The number of nitrogens with zero attached hydrogens (tertiary/aromatic N) is 4. The first-order chi connectivity index (χ1) is 20.9. The summed E-state index contributed by atoms with van der Waals surface area (Å²) in [5.74, 6) is -1.32. The molecule has 12 nitrogen and oxygen atoms in total. The topological polar surface area (TPSA) is 151 Å². The molecule has 2 heterocycles. The van der Waals surface area contributed by atoms with Crippen LogP contribution in [0.2, 0.25) is 0 Å². The molecule has 0 spiro atoms. The van der Waals surface area contributed by atoms with Crippen LogP contribution < -0.4 is 5.32 Å². The largest absolute Gasteiger partial charge is 0.460 e. The lowest BCUT2D eigenvalue weighted by Gasteiger charge is -2.36. The van der Waals surface area contributed by atoms with Gasteiger partial charge in [0, 0.05) is 44.1 Å². The highest BCUT2D eigenvalue weighted by molar-refractivity contribution is 5.96. The molecule has 2 N–H and O–H groups in total. The van der Waals surface area contributed by atoms with Crippen molar-refractivity contribution in [2.45, 2.75) is 83.5 Å². The van der Waals surface area contributed by atoms with E-state index in [0.717, 1.165) is 12.8 Å². The third kappa shape index (κ3) is 8.75. The van der Waals surface area contributed by atoms with Crippen molar-refractivity contribution in [3.8, 4) is 11.4 Å². The SMILES string of the molecule is CCOC(=O)N1CCN(C(=O)[C@H](CCC(=O)OC(C)(C)C)NC(=O)c2cc(C3CCCC3O)nc(-c3ccccc3)n2)CC1. The Morgan fingerprint density at radius 3 is 2.32 bits per heavy atom. The number of piperazine rings is 1. The number of aromatic nitrogens is 2. The van der Waals surface area contributed by atoms with Gasteiger partial charge in [-0.15, -0.1) is 0 Å². The summed E-state index contributed by atoms with van der Waals surface area (Å²) in [6.07, 6.45) is 1.17. The summed E-state index contributed by atoms with van der Waals surface area (Å²) in [4.78, 5) is 64.5. The van der Waals surface area contributed by atoms with Crippen LogP contribution in [0, 0.1) is 0 Å². The highest BCUT2D eigenvalue weighted by Crippen LogP contribution is 2.34. The lowest BCUT2D eigenvalue weighted by Crippen LogP contribution is -2.56. The van der Waals surface area contributed by atoms with Crippen LogP contribution in [0.25, 0.3) is 11.4 Å². The number of esters is 1. The first-order valence-corrected chi connectivity index (χ1v) is 15.3. The highest BCUT2D eigenvalue weighted by atomic mass is 16.6. The van der Waals surface area contributed by atoms with Gasteiger partial charge in [-0.2, -0.15) is 0 Å². The van der Waals surface area contributed by atoms with Crippen LogP contribution in [-0.2, 0) is 19.1 Å². The first kappa shape index (κ1) is 32.8. The number of ether oxygens (including phenoxy) is 2. The number of carbonyl (C=O) groups excluding carboxylic acids is 4. The van der Waals surface area contributed by atoms with E-state index in [4.69, 9.17) is 14.5 Å². The molecule has 1 aliphatic carbocycles. The van der Waals surface area contributed by atoms with Gasteiger partial charge in [0.25, 0.3) is 5.91 Å². The van der Waals surface area contributed by atoms with Crippen molar-refractivity contribution in [3.05, 3.63) is 47.8 Å². The number of aliphatic hydroxyl groups is 1. The Hall–Kier alpha value is -4.06. The maximum Gasteiger partial charge on any atom is 0.409 e. The molecule has 2 unspecified atom stereocenters. The monoisotopic (exact) mass is 609 g/mol. The maximum atomic E-state index is 13.7. The van der Waals surface area contributed by atoms with Gasteiger partial charge in [0.2, 0.25) is 5.91 Å². The molecule has 1 aromatic heterocycles. The standard InChI is InChI=1S/C32H43N5O7/c1-5-43-31(42)37-18-16-36(17-19-37)30(41)23(14-15-27(39)44-32(2,3)4)35-29(40)25-20-24(22-12-9-13-26(22)38)33-28(34-25)21-10-7-6-8-11-21/h6-8,10-11,20,22-23,26,38H,5,9,12-19H2,1-4H3,(H,35,40)/t22?,23-,26?/m0/s1. The van der Waals surface area contributed by atoms with E-state index in [1.165, 1.54) is 4.90 Å². The molecule has 1 saturated heterocycles. The Balaban J connectivity index is 1.57. The minimum atomic E-state index is -1.04. The van der Waals surface area contributed by atoms with E-state index in [-0.39, 0.29) is 63.1 Å². The fourth-order valence-corrected chi connectivity index (χ4v) is 5.46. The molecule has 1 saturated carbocycles. The van der Waals surface area contributed by atoms with Gasteiger partial charge in [-0.3, -0.25) is 14.4 Å². The summed E-state index contributed by atoms with van der Waals surface area (Å²) in [7, 11) is 0. The van der Waals surface area contributed by atoms with Crippen LogP contribution in [0.5, 0.6) is 0 Å². The molecule has 1 aliphatic heterocycles. The average Bonchev–Trinajstić information content (AvgIpc) is 3.44. The summed E-state index contributed by atoms with van der Waals surface area (Å²) in [6.45, 7) is 8.36. The fourth-order valence-electron chi connectivity index (χ4n) is 5.46. The van der Waals surface area contributed by atoms with Gasteiger partial charge in [-0.25, -0.2) is 14.8 Å². The van der Waals surface area contributed by atoms with E-state index in [2.05, 4.69) is 10.3 Å². The van der Waals surface area contributed by atoms with Crippen molar-refractivity contribution in [1.82, 2.24) is 25.1 Å². The molecule has 0 bridgehead atoms. The van der Waals surface area contributed by atoms with Crippen LogP contribution in [0.4, 0.5) is 4.79 Å². The Morgan fingerprint density at radius 2 is 1.70 bits per heavy atom. The number of hydrogen-bond donors (Lipinski definition) is 2. The van der Waals surface area contributed by atoms with Gasteiger partial charge >= 0.3 is 12.1 Å². The Labute approximate surface area is 258 Å². The minimum Gasteiger partial charge on any atom is -0.460 e. The van der Waals surface area contributed by atoms with Gasteiger partial charge in [0.05, 0.1) is 18.4 Å². The Morgan fingerprint density at radius 1 is 1.02 bits per heavy atom. The van der Waals surface area contributed by atoms with Crippen molar-refractivity contribution in [2.75, 3.05) is 32.8 Å². The zero-order chi connectivity index (χ0) is 31.9. The number of hydrogen-bond acceptors (Lipinski definition) is 9. The lowest BCUT2D eigenvalue weighted by atomic mass is 10.00. The first-order valence-electron chi connectivity index (χ1n) is 15.3. The molecule has 1 aromatic carbocycles. The van der Waals surface area contributed by atoms with Gasteiger partial charge in [-0.1, -0.05) is 36.8 Å². The third-order valence-corrected chi connectivity index (χ3v) is 7.65. The molecule has 44 heavy (non-hydrogen) atoms. The molecule has 3 amide bonds. The number of rotatable bonds is 9. The van der Waals surface area contributed by atoms with Crippen LogP contribution >= 0.6 is 0 Å². The van der Waals surface area contributed by atoms with E-state index in [0.29, 0.717) is 23.5 Å². The number of benzene rings is 1. The van der Waals surface area contributed by atoms with E-state index in [9.17, 15) is 24.3 Å². The van der Waals surface area contributed by atoms with Crippen LogP contribution in [0.3, 0.4) is 0 Å². The van der Waals surface area contributed by atoms with Crippen molar-refractivity contribution in [2.24, 2.45) is 0 Å². The minimum absolute atomic E-state index is 0.0163. The normalized spacial score (nSPS) is 19.3. The molecule has 4 rings (SSSR count). The van der Waals surface area contributed by atoms with E-state index in [1.807, 2.05) is 30.3 Å². The van der Waals surface area contributed by atoms with Crippen molar-refractivity contribution < 1.29 is 33.8 Å². The second-order valence-corrected chi connectivity index (χ2v) is 12.1. The molecule has 2 aliphatic rings. The van der Waals surface area contributed by atoms with Gasteiger partial charge in [-0.05, 0) is 53.0 Å². The van der Waals surface area contributed by atoms with Gasteiger partial charge in [0.1, 0.15) is 17.3 Å². The average molecular weight is 610 g/mol. The van der Waals surface area contributed by atoms with Crippen molar-refractivity contribution in [3.63, 3.8) is 0 Å². The van der Waals surface area contributed by atoms with Crippen molar-refractivity contribution in [1.29, 1.82) is 0 Å².